The van der Waals surface area contributed by atoms with Crippen LogP contribution in [-0.4, -0.2) is 0 Å². The highest BCUT2D eigenvalue weighted by molar-refractivity contribution is 5.55. The molecule has 15 aliphatic rings. The summed E-state index contributed by atoms with van der Waals surface area (Å²) < 4.78 is 0. The summed E-state index contributed by atoms with van der Waals surface area (Å²) in [5.74, 6) is 8.68. The van der Waals surface area contributed by atoms with Crippen molar-refractivity contribution in [3.8, 4) is 0 Å². The van der Waals surface area contributed by atoms with Gasteiger partial charge in [0.15, 0.2) is 0 Å². The van der Waals surface area contributed by atoms with Crippen LogP contribution in [0.5, 0.6) is 0 Å². The third kappa shape index (κ3) is 11.8. The zero-order valence-electron chi connectivity index (χ0n) is 50.3. The van der Waals surface area contributed by atoms with Gasteiger partial charge in [0.2, 0.25) is 0 Å². The molecule has 0 saturated carbocycles. The van der Waals surface area contributed by atoms with Crippen molar-refractivity contribution in [3.05, 3.63) is 164 Å². The Balaban J connectivity index is 0.000000125. The first-order valence-corrected chi connectivity index (χ1v) is 30.9. The van der Waals surface area contributed by atoms with E-state index in [4.69, 9.17) is 0 Å². The maximum atomic E-state index is 2.56. The van der Waals surface area contributed by atoms with Crippen molar-refractivity contribution < 1.29 is 0 Å². The van der Waals surface area contributed by atoms with Crippen molar-refractivity contribution in [2.75, 3.05) is 0 Å². The Kier molecular flexibility index (Phi) is 17.7. The van der Waals surface area contributed by atoms with Crippen molar-refractivity contribution in [2.24, 2.45) is 63.1 Å². The van der Waals surface area contributed by atoms with E-state index < -0.39 is 0 Å². The van der Waals surface area contributed by atoms with E-state index in [1.54, 1.807) is 39.0 Å². The normalized spacial score (nSPS) is 36.0. The fraction of sp³-hybridized carbons (Fsp3) is 0.622. The third-order valence-corrected chi connectivity index (χ3v) is 21.4. The summed E-state index contributed by atoms with van der Waals surface area (Å²) in [5.41, 5.74) is 19.2. The van der Waals surface area contributed by atoms with E-state index in [1.165, 1.54) is 119 Å². The van der Waals surface area contributed by atoms with E-state index in [-0.39, 0.29) is 0 Å². The van der Waals surface area contributed by atoms with Gasteiger partial charge in [-0.1, -0.05) is 221 Å². The van der Waals surface area contributed by atoms with Gasteiger partial charge >= 0.3 is 0 Å². The number of aryl methyl sites for hydroxylation is 4. The van der Waals surface area contributed by atoms with E-state index in [2.05, 4.69) is 214 Å². The van der Waals surface area contributed by atoms with Crippen LogP contribution in [0, 0.1) is 90.8 Å². The largest absolute Gasteiger partial charge is 0.0807 e. The number of unbranched alkanes of at least 4 members (excludes halogenated alkanes) is 3. The van der Waals surface area contributed by atoms with Crippen LogP contribution >= 0.6 is 0 Å². The molecule has 0 fully saturated rings. The first kappa shape index (κ1) is 56.6. The second-order valence-electron chi connectivity index (χ2n) is 27.6. The van der Waals surface area contributed by atoms with Crippen LogP contribution in [0.2, 0.25) is 0 Å². The smallest absolute Gasteiger partial charge is 0.00619 e. The van der Waals surface area contributed by atoms with Crippen LogP contribution < -0.4 is 0 Å². The lowest BCUT2D eigenvalue weighted by Crippen LogP contribution is -2.37. The number of fused-ring (bicyclic) bond motifs is 5. The maximum Gasteiger partial charge on any atom is 0.00619 e. The zero-order chi connectivity index (χ0) is 53.3. The van der Waals surface area contributed by atoms with Gasteiger partial charge < -0.3 is 0 Å². The topological polar surface area (TPSA) is 0 Å². The molecule has 0 aromatic heterocycles. The Labute approximate surface area is 456 Å². The van der Waals surface area contributed by atoms with Crippen molar-refractivity contribution in [2.45, 2.75) is 231 Å². The lowest BCUT2D eigenvalue weighted by molar-refractivity contribution is 0.188. The van der Waals surface area contributed by atoms with Crippen molar-refractivity contribution in [3.63, 3.8) is 0 Å². The fourth-order valence-corrected chi connectivity index (χ4v) is 16.0. The average Bonchev–Trinajstić information content (AvgIpc) is 3.39. The van der Waals surface area contributed by atoms with Gasteiger partial charge in [-0.2, -0.15) is 0 Å². The lowest BCUT2D eigenvalue weighted by atomic mass is 9.58. The highest BCUT2D eigenvalue weighted by Gasteiger charge is 2.44. The molecule has 0 saturated heterocycles. The molecule has 10 unspecified atom stereocenters. The van der Waals surface area contributed by atoms with Crippen molar-refractivity contribution in [1.82, 2.24) is 0 Å². The minimum absolute atomic E-state index is 0.368. The molecule has 17 rings (SSSR count). The van der Waals surface area contributed by atoms with Crippen LogP contribution in [0.4, 0.5) is 0 Å². The van der Waals surface area contributed by atoms with Crippen LogP contribution in [0.1, 0.15) is 248 Å². The van der Waals surface area contributed by atoms with Crippen LogP contribution in [0.15, 0.2) is 120 Å². The molecule has 0 aliphatic heterocycles. The van der Waals surface area contributed by atoms with E-state index >= 15 is 0 Å². The number of allylic oxidation sites excluding steroid dienone is 16. The minimum Gasteiger partial charge on any atom is -0.0807 e. The molecule has 2 aromatic rings. The molecule has 0 radical (unpaired) electrons. The predicted octanol–water partition coefficient (Wildman–Crippen LogP) is 21.9. The summed E-state index contributed by atoms with van der Waals surface area (Å²) in [6.07, 6.45) is 52.2. The van der Waals surface area contributed by atoms with E-state index in [0.717, 1.165) is 41.4 Å². The van der Waals surface area contributed by atoms with Crippen molar-refractivity contribution in [1.29, 1.82) is 0 Å². The van der Waals surface area contributed by atoms with E-state index in [9.17, 15) is 0 Å². The first-order chi connectivity index (χ1) is 35.2. The molecule has 10 atom stereocenters. The predicted molar refractivity (Wildman–Crippen MR) is 324 cm³/mol. The summed E-state index contributed by atoms with van der Waals surface area (Å²) in [7, 11) is 0. The second-order valence-corrected chi connectivity index (χ2v) is 27.6. The molecule has 0 amide bonds. The molecule has 0 heterocycles. The Bertz CT molecular complexity index is 2500. The Morgan fingerprint density at radius 2 is 0.932 bits per heavy atom. The SMILES string of the molecule is CC12C=CC(C)(C=C1)CC2.CC1=CC2c3c(C)ccc(C)c3C1CC2C(C)C.CCCCC1CC2(C)C=CC1(C)C=C2.CCCCC1CC2C=CC1C(C)=C2C.CCCCC1CC2C=CC1c1c(C)ccc(C)c12. The van der Waals surface area contributed by atoms with Gasteiger partial charge in [-0.05, 0) is 186 Å². The highest BCUT2D eigenvalue weighted by Crippen LogP contribution is 2.57. The molecule has 0 spiro atoms. The van der Waals surface area contributed by atoms with Gasteiger partial charge in [0, 0.05) is 51.2 Å². The zero-order valence-corrected chi connectivity index (χ0v) is 50.3. The minimum atomic E-state index is 0.368. The van der Waals surface area contributed by atoms with Crippen LogP contribution in [0.3, 0.4) is 0 Å². The second kappa shape index (κ2) is 23.1. The lowest BCUT2D eigenvalue weighted by Gasteiger charge is -2.47. The average molecular weight is 996 g/mol. The molecule has 402 valence electrons. The Morgan fingerprint density at radius 3 is 1.46 bits per heavy atom. The monoisotopic (exact) mass is 995 g/mol. The van der Waals surface area contributed by atoms with Crippen LogP contribution in [-0.2, 0) is 0 Å². The van der Waals surface area contributed by atoms with Crippen molar-refractivity contribution >= 4 is 0 Å². The summed E-state index contributed by atoms with van der Waals surface area (Å²) in [4.78, 5) is 0. The molecule has 0 N–H and O–H groups in total. The van der Waals surface area contributed by atoms with Gasteiger partial charge in [-0.25, -0.2) is 0 Å². The molecule has 10 bridgehead atoms. The van der Waals surface area contributed by atoms with E-state index in [1.807, 2.05) is 0 Å². The molecular weight excluding hydrogens is 889 g/mol. The van der Waals surface area contributed by atoms with Gasteiger partial charge in [-0.15, -0.1) is 0 Å². The van der Waals surface area contributed by atoms with E-state index in [0.29, 0.717) is 45.3 Å². The summed E-state index contributed by atoms with van der Waals surface area (Å²) in [6.45, 7) is 37.2. The third-order valence-electron chi connectivity index (χ3n) is 21.4. The first-order valence-electron chi connectivity index (χ1n) is 30.9. The number of rotatable bonds is 10. The summed E-state index contributed by atoms with van der Waals surface area (Å²) >= 11 is 0. The molecule has 0 heteroatoms. The fourth-order valence-electron chi connectivity index (χ4n) is 16.0. The van der Waals surface area contributed by atoms with Gasteiger partial charge in [0.05, 0.1) is 0 Å². The molecule has 74 heavy (non-hydrogen) atoms. The number of hydrogen-bond acceptors (Lipinski definition) is 0. The Morgan fingerprint density at radius 1 is 0.473 bits per heavy atom. The number of benzene rings is 2. The maximum absolute atomic E-state index is 2.56. The quantitative estimate of drug-likeness (QED) is 0.208. The van der Waals surface area contributed by atoms with Crippen LogP contribution in [0.25, 0.3) is 0 Å². The van der Waals surface area contributed by atoms with Gasteiger partial charge in [0.25, 0.3) is 0 Å². The number of hydrogen-bond donors (Lipinski definition) is 0. The molecule has 0 nitrogen and oxygen atoms in total. The van der Waals surface area contributed by atoms with Gasteiger partial charge in [-0.3, -0.25) is 0 Å². The standard InChI is InChI=1S/2C18H24.2C14H22.C10H14/c1-10(2)14-9-15-13(5)8-16(14)18-12(4)7-6-11(3)17(15)18;1-4-5-6-14-11-15-9-10-16(14)18-13(3)8-7-12(2)17(15)18;1-4-5-6-12-11-13(2)7-9-14(12,3)10-8-13;1-4-5-6-13-9-12-7-8-14(13)11(3)10(12)2;1-9-3-6-10(2,7-4-9)8-5-9/h6-8,10,14-16H,9H2,1-5H3;7-10,14-16H,4-6,11H2,1-3H3;7-10,12H,4-6,11H2,1-3H3;7-8,12-14H,4-6,9H2,1-3H3;3-4,6-7H,5,8H2,1-2H3. The Hall–Kier alpha value is -3.64. The molecular formula is C74H106. The molecule has 2 aromatic carbocycles. The highest BCUT2D eigenvalue weighted by atomic mass is 14.5. The van der Waals surface area contributed by atoms with Gasteiger partial charge in [0.1, 0.15) is 0 Å². The summed E-state index contributed by atoms with van der Waals surface area (Å²) in [5, 5.41) is 0. The molecule has 15 aliphatic carbocycles. The summed E-state index contributed by atoms with van der Waals surface area (Å²) in [6, 6.07) is 9.26.